The van der Waals surface area contributed by atoms with Gasteiger partial charge < -0.3 is 9.64 Å². The van der Waals surface area contributed by atoms with Crippen molar-refractivity contribution < 1.29 is 9.53 Å². The van der Waals surface area contributed by atoms with Crippen molar-refractivity contribution in [2.75, 3.05) is 19.6 Å². The fraction of sp³-hybridized carbons (Fsp3) is 0.714. The Kier molecular flexibility index (Phi) is 4.65. The van der Waals surface area contributed by atoms with Gasteiger partial charge in [0.15, 0.2) is 0 Å². The summed E-state index contributed by atoms with van der Waals surface area (Å²) in [7, 11) is 0. The van der Waals surface area contributed by atoms with E-state index in [-0.39, 0.29) is 6.09 Å². The second-order valence-electron chi connectivity index (χ2n) is 6.21. The van der Waals surface area contributed by atoms with Gasteiger partial charge in [0.25, 0.3) is 0 Å². The predicted octanol–water partition coefficient (Wildman–Crippen LogP) is 2.58. The van der Waals surface area contributed by atoms with E-state index in [1.165, 1.54) is 4.88 Å². The minimum atomic E-state index is -0.430. The number of amides is 1. The van der Waals surface area contributed by atoms with Gasteiger partial charge in [0.05, 0.1) is 5.51 Å². The standard InChI is InChI=1S/C14H23N3O2S/c1-11-8-17(13(18)19-14(2,3)4)6-5-16(11)9-12-7-15-10-20-12/h7,10-11H,5-6,8-9H2,1-4H3/t11-/m0/s1. The lowest BCUT2D eigenvalue weighted by molar-refractivity contribution is 0.00474. The molecule has 0 radical (unpaired) electrons. The number of ether oxygens (including phenoxy) is 1. The van der Waals surface area contributed by atoms with E-state index in [1.54, 1.807) is 16.2 Å². The fourth-order valence-electron chi connectivity index (χ4n) is 2.24. The van der Waals surface area contributed by atoms with Crippen LogP contribution in [0.2, 0.25) is 0 Å². The molecule has 1 aromatic rings. The molecule has 2 rings (SSSR count). The van der Waals surface area contributed by atoms with Crippen molar-refractivity contribution >= 4 is 17.4 Å². The summed E-state index contributed by atoms with van der Waals surface area (Å²) in [4.78, 5) is 21.6. The van der Waals surface area contributed by atoms with Gasteiger partial charge in [0.2, 0.25) is 0 Å². The van der Waals surface area contributed by atoms with Crippen molar-refractivity contribution in [3.8, 4) is 0 Å². The molecule has 1 aliphatic rings. The van der Waals surface area contributed by atoms with Crippen LogP contribution < -0.4 is 0 Å². The minimum Gasteiger partial charge on any atom is -0.444 e. The molecule has 1 saturated heterocycles. The summed E-state index contributed by atoms with van der Waals surface area (Å²) in [5.41, 5.74) is 1.43. The van der Waals surface area contributed by atoms with Gasteiger partial charge >= 0.3 is 6.09 Å². The predicted molar refractivity (Wildman–Crippen MR) is 79.8 cm³/mol. The Morgan fingerprint density at radius 3 is 2.80 bits per heavy atom. The van der Waals surface area contributed by atoms with E-state index in [4.69, 9.17) is 4.74 Å². The van der Waals surface area contributed by atoms with Gasteiger partial charge in [-0.2, -0.15) is 0 Å². The van der Waals surface area contributed by atoms with Gasteiger partial charge in [-0.05, 0) is 27.7 Å². The zero-order valence-corrected chi connectivity index (χ0v) is 13.4. The van der Waals surface area contributed by atoms with Crippen molar-refractivity contribution in [1.29, 1.82) is 0 Å². The summed E-state index contributed by atoms with van der Waals surface area (Å²) in [6.07, 6.45) is 1.71. The van der Waals surface area contributed by atoms with Crippen molar-refractivity contribution in [3.63, 3.8) is 0 Å². The first kappa shape index (κ1) is 15.3. The number of carbonyl (C=O) groups is 1. The normalized spacial score (nSPS) is 21.0. The number of nitrogens with zero attached hydrogens (tertiary/aromatic N) is 3. The lowest BCUT2D eigenvalue weighted by Crippen LogP contribution is -2.53. The summed E-state index contributed by atoms with van der Waals surface area (Å²) in [5.74, 6) is 0. The highest BCUT2D eigenvalue weighted by Gasteiger charge is 2.29. The maximum absolute atomic E-state index is 12.1. The van der Waals surface area contributed by atoms with Crippen LogP contribution in [0, 0.1) is 0 Å². The van der Waals surface area contributed by atoms with Crippen LogP contribution in [-0.4, -0.2) is 52.2 Å². The van der Waals surface area contributed by atoms with Crippen molar-refractivity contribution in [3.05, 3.63) is 16.6 Å². The average Bonchev–Trinajstić information content (AvgIpc) is 2.82. The lowest BCUT2D eigenvalue weighted by Gasteiger charge is -2.39. The Hall–Kier alpha value is -1.14. The number of hydrogen-bond donors (Lipinski definition) is 0. The fourth-order valence-corrected chi connectivity index (χ4v) is 2.86. The van der Waals surface area contributed by atoms with E-state index in [0.29, 0.717) is 12.6 Å². The molecule has 1 aromatic heterocycles. The van der Waals surface area contributed by atoms with Crippen LogP contribution in [0.1, 0.15) is 32.6 Å². The molecule has 5 nitrogen and oxygen atoms in total. The zero-order valence-electron chi connectivity index (χ0n) is 12.6. The molecule has 0 aromatic carbocycles. The van der Waals surface area contributed by atoms with E-state index in [9.17, 15) is 4.79 Å². The molecular formula is C14H23N3O2S. The third-order valence-electron chi connectivity index (χ3n) is 3.26. The van der Waals surface area contributed by atoms with Gasteiger partial charge in [-0.1, -0.05) is 0 Å². The topological polar surface area (TPSA) is 45.7 Å². The van der Waals surface area contributed by atoms with E-state index in [0.717, 1.165) is 19.6 Å². The molecule has 0 N–H and O–H groups in total. The van der Waals surface area contributed by atoms with Crippen molar-refractivity contribution in [2.24, 2.45) is 0 Å². The summed E-state index contributed by atoms with van der Waals surface area (Å²) in [6, 6.07) is 0.332. The summed E-state index contributed by atoms with van der Waals surface area (Å²) < 4.78 is 5.43. The molecule has 0 unspecified atom stereocenters. The van der Waals surface area contributed by atoms with Gasteiger partial charge in [-0.3, -0.25) is 9.88 Å². The molecule has 1 atom stereocenters. The van der Waals surface area contributed by atoms with E-state index >= 15 is 0 Å². The van der Waals surface area contributed by atoms with Crippen LogP contribution in [0.5, 0.6) is 0 Å². The summed E-state index contributed by atoms with van der Waals surface area (Å²) >= 11 is 1.68. The lowest BCUT2D eigenvalue weighted by atomic mass is 10.2. The number of carbonyl (C=O) groups excluding carboxylic acids is 1. The first-order valence-electron chi connectivity index (χ1n) is 6.94. The second-order valence-corrected chi connectivity index (χ2v) is 7.18. The maximum atomic E-state index is 12.1. The van der Waals surface area contributed by atoms with Crippen molar-refractivity contribution in [1.82, 2.24) is 14.8 Å². The van der Waals surface area contributed by atoms with Crippen LogP contribution in [0.15, 0.2) is 11.7 Å². The second kappa shape index (κ2) is 6.10. The number of aromatic nitrogens is 1. The van der Waals surface area contributed by atoms with Gasteiger partial charge in [0, 0.05) is 43.3 Å². The van der Waals surface area contributed by atoms with E-state index < -0.39 is 5.60 Å². The highest BCUT2D eigenvalue weighted by molar-refractivity contribution is 7.09. The molecule has 1 fully saturated rings. The summed E-state index contributed by atoms with van der Waals surface area (Å²) in [6.45, 7) is 11.1. The zero-order chi connectivity index (χ0) is 14.8. The molecule has 0 bridgehead atoms. The maximum Gasteiger partial charge on any atom is 0.410 e. The number of rotatable bonds is 2. The number of hydrogen-bond acceptors (Lipinski definition) is 5. The molecule has 0 aliphatic carbocycles. The Morgan fingerprint density at radius 2 is 2.25 bits per heavy atom. The highest BCUT2D eigenvalue weighted by Crippen LogP contribution is 2.18. The monoisotopic (exact) mass is 297 g/mol. The molecule has 2 heterocycles. The van der Waals surface area contributed by atoms with E-state index in [1.807, 2.05) is 32.5 Å². The molecule has 6 heteroatoms. The number of thiazole rings is 1. The smallest absolute Gasteiger partial charge is 0.410 e. The van der Waals surface area contributed by atoms with Crippen molar-refractivity contribution in [2.45, 2.75) is 45.9 Å². The first-order valence-corrected chi connectivity index (χ1v) is 7.82. The molecule has 112 valence electrons. The van der Waals surface area contributed by atoms with Crippen LogP contribution in [0.3, 0.4) is 0 Å². The molecule has 1 amide bonds. The quantitative estimate of drug-likeness (QED) is 0.841. The Morgan fingerprint density at radius 1 is 1.50 bits per heavy atom. The molecule has 1 aliphatic heterocycles. The third-order valence-corrected chi connectivity index (χ3v) is 4.02. The summed E-state index contributed by atoms with van der Waals surface area (Å²) in [5, 5.41) is 0. The minimum absolute atomic E-state index is 0.207. The molecule has 0 spiro atoms. The SMILES string of the molecule is C[C@H]1CN(C(=O)OC(C)(C)C)CCN1Cc1cncs1. The molecule has 20 heavy (non-hydrogen) atoms. The Labute approximate surface area is 124 Å². The average molecular weight is 297 g/mol. The van der Waals surface area contributed by atoms with E-state index in [2.05, 4.69) is 16.8 Å². The van der Waals surface area contributed by atoms with Crippen LogP contribution in [0.4, 0.5) is 4.79 Å². The first-order chi connectivity index (χ1) is 9.35. The van der Waals surface area contributed by atoms with Gasteiger partial charge in [-0.25, -0.2) is 4.79 Å². The Balaban J connectivity index is 1.87. The molecule has 0 saturated carbocycles. The highest BCUT2D eigenvalue weighted by atomic mass is 32.1. The van der Waals surface area contributed by atoms with Crippen LogP contribution >= 0.6 is 11.3 Å². The Bertz CT molecular complexity index is 442. The van der Waals surface area contributed by atoms with Gasteiger partial charge in [-0.15, -0.1) is 11.3 Å². The van der Waals surface area contributed by atoms with Gasteiger partial charge in [0.1, 0.15) is 5.60 Å². The largest absolute Gasteiger partial charge is 0.444 e. The third kappa shape index (κ3) is 4.18. The molecular weight excluding hydrogens is 274 g/mol. The van der Waals surface area contributed by atoms with Crippen LogP contribution in [-0.2, 0) is 11.3 Å². The van der Waals surface area contributed by atoms with Crippen LogP contribution in [0.25, 0.3) is 0 Å². The number of piperazine rings is 1.